The number of aliphatic hydroxyl groups is 1. The molecule has 1 amide bonds. The molecule has 0 aliphatic heterocycles. The first kappa shape index (κ1) is 18.4. The average molecular weight is 345 g/mol. The summed E-state index contributed by atoms with van der Waals surface area (Å²) < 4.78 is 0. The number of phenolic OH excluding ortho intramolecular Hbond substituents is 1. The topological polar surface area (TPSA) is 139 Å². The van der Waals surface area contributed by atoms with E-state index in [9.17, 15) is 25.1 Å². The number of nitrogens with two attached hydrogens (primary N) is 1. The Morgan fingerprint density at radius 2 is 1.84 bits per heavy atom. The van der Waals surface area contributed by atoms with Gasteiger partial charge < -0.3 is 21.3 Å². The molecule has 0 aliphatic carbocycles. The molecule has 2 aromatic carbocycles. The number of nitro groups is 1. The molecule has 0 aromatic heterocycles. The summed E-state index contributed by atoms with van der Waals surface area (Å²) in [6.45, 7) is 0.247. The van der Waals surface area contributed by atoms with Gasteiger partial charge in [-0.15, -0.1) is 0 Å². The maximum absolute atomic E-state index is 12.0. The van der Waals surface area contributed by atoms with E-state index in [-0.39, 0.29) is 18.0 Å². The minimum absolute atomic E-state index is 0.114. The lowest BCUT2D eigenvalue weighted by Crippen LogP contribution is -2.45. The van der Waals surface area contributed by atoms with E-state index in [1.807, 2.05) is 0 Å². The number of nitrogens with one attached hydrogen (secondary N) is 1. The van der Waals surface area contributed by atoms with Gasteiger partial charge in [-0.1, -0.05) is 18.2 Å². The molecule has 0 unspecified atom stereocenters. The zero-order valence-corrected chi connectivity index (χ0v) is 13.3. The third-order valence-electron chi connectivity index (χ3n) is 3.77. The van der Waals surface area contributed by atoms with E-state index in [1.165, 1.54) is 24.3 Å². The van der Waals surface area contributed by atoms with Gasteiger partial charge in [0.2, 0.25) is 5.91 Å². The molecular formula is C17H19N3O5. The Kier molecular flexibility index (Phi) is 6.04. The van der Waals surface area contributed by atoms with Crippen molar-refractivity contribution < 1.29 is 19.9 Å². The monoisotopic (exact) mass is 345 g/mol. The van der Waals surface area contributed by atoms with Gasteiger partial charge in [0.05, 0.1) is 4.92 Å². The van der Waals surface area contributed by atoms with Crippen molar-refractivity contribution in [2.24, 2.45) is 5.73 Å². The van der Waals surface area contributed by atoms with Crippen LogP contribution in [0.1, 0.15) is 17.2 Å². The summed E-state index contributed by atoms with van der Waals surface area (Å²) in [4.78, 5) is 22.1. The number of amides is 1. The minimum Gasteiger partial charge on any atom is -0.508 e. The second-order valence-electron chi connectivity index (χ2n) is 5.49. The molecule has 0 saturated heterocycles. The largest absolute Gasteiger partial charge is 0.508 e. The molecular weight excluding hydrogens is 326 g/mol. The molecule has 0 saturated carbocycles. The Balaban J connectivity index is 1.90. The van der Waals surface area contributed by atoms with E-state index in [0.29, 0.717) is 17.5 Å². The predicted octanol–water partition coefficient (Wildman–Crippen LogP) is 1.02. The number of nitrogens with zero attached hydrogens (tertiary/aromatic N) is 1. The van der Waals surface area contributed by atoms with Crippen LogP contribution in [0.4, 0.5) is 5.69 Å². The van der Waals surface area contributed by atoms with Crippen LogP contribution in [-0.2, 0) is 11.2 Å². The second-order valence-corrected chi connectivity index (χ2v) is 5.49. The number of non-ortho nitro benzene ring substituents is 1. The molecule has 25 heavy (non-hydrogen) atoms. The molecule has 0 radical (unpaired) electrons. The quantitative estimate of drug-likeness (QED) is 0.436. The van der Waals surface area contributed by atoms with E-state index >= 15 is 0 Å². The fraction of sp³-hybridized carbons (Fsp3) is 0.235. The van der Waals surface area contributed by atoms with E-state index in [1.54, 1.807) is 24.3 Å². The van der Waals surface area contributed by atoms with Crippen LogP contribution >= 0.6 is 0 Å². The van der Waals surface area contributed by atoms with Gasteiger partial charge in [0.25, 0.3) is 5.69 Å². The summed E-state index contributed by atoms with van der Waals surface area (Å²) >= 11 is 0. The zero-order valence-electron chi connectivity index (χ0n) is 13.3. The van der Waals surface area contributed by atoms with Crippen LogP contribution in [0.3, 0.4) is 0 Å². The molecule has 132 valence electrons. The number of hydrogen-bond acceptors (Lipinski definition) is 6. The van der Waals surface area contributed by atoms with Crippen molar-refractivity contribution in [3.63, 3.8) is 0 Å². The van der Waals surface area contributed by atoms with Crippen molar-refractivity contribution >= 4 is 11.6 Å². The third kappa shape index (κ3) is 4.75. The first-order valence-corrected chi connectivity index (χ1v) is 7.62. The van der Waals surface area contributed by atoms with E-state index in [2.05, 4.69) is 5.32 Å². The summed E-state index contributed by atoms with van der Waals surface area (Å²) in [6.07, 6.45) is -0.871. The van der Waals surface area contributed by atoms with Crippen LogP contribution in [0.15, 0.2) is 48.5 Å². The van der Waals surface area contributed by atoms with E-state index in [0.717, 1.165) is 0 Å². The van der Waals surface area contributed by atoms with E-state index in [4.69, 9.17) is 5.73 Å². The van der Waals surface area contributed by atoms with Crippen LogP contribution in [0, 0.1) is 10.1 Å². The number of para-hydroxylation sites is 1. The summed E-state index contributed by atoms with van der Waals surface area (Å²) in [7, 11) is 0. The van der Waals surface area contributed by atoms with Gasteiger partial charge >= 0.3 is 0 Å². The number of benzene rings is 2. The minimum atomic E-state index is -1.29. The number of phenols is 1. The first-order chi connectivity index (χ1) is 11.9. The molecule has 8 nitrogen and oxygen atoms in total. The lowest BCUT2D eigenvalue weighted by Gasteiger charge is -2.18. The fourth-order valence-electron chi connectivity index (χ4n) is 2.30. The van der Waals surface area contributed by atoms with Gasteiger partial charge in [0.15, 0.2) is 0 Å². The van der Waals surface area contributed by atoms with Crippen LogP contribution in [0.2, 0.25) is 0 Å². The van der Waals surface area contributed by atoms with Crippen LogP contribution in [-0.4, -0.2) is 33.6 Å². The Bertz CT molecular complexity index is 748. The van der Waals surface area contributed by atoms with Gasteiger partial charge in [-0.05, 0) is 35.7 Å². The second kappa shape index (κ2) is 8.22. The number of aromatic hydroxyl groups is 1. The number of carbonyl (C=O) groups is 1. The van der Waals surface area contributed by atoms with Crippen molar-refractivity contribution in [1.82, 2.24) is 5.32 Å². The molecule has 0 heterocycles. The number of rotatable bonds is 7. The normalized spacial score (nSPS) is 13.0. The lowest BCUT2D eigenvalue weighted by molar-refractivity contribution is -0.384. The Labute approximate surface area is 144 Å². The molecule has 2 rings (SSSR count). The number of nitro benzene ring substituents is 1. The Morgan fingerprint density at radius 1 is 1.20 bits per heavy atom. The van der Waals surface area contributed by atoms with Gasteiger partial charge in [0, 0.05) is 18.7 Å². The molecule has 2 aromatic rings. The Morgan fingerprint density at radius 3 is 2.44 bits per heavy atom. The number of aliphatic hydroxyl groups excluding tert-OH is 1. The van der Waals surface area contributed by atoms with Crippen molar-refractivity contribution in [2.45, 2.75) is 18.6 Å². The fourth-order valence-corrected chi connectivity index (χ4v) is 2.30. The predicted molar refractivity (Wildman–Crippen MR) is 90.9 cm³/mol. The standard InChI is InChI=1S/C17H19N3O5/c18-15(16(22)12-5-7-13(8-6-12)20(24)25)17(23)19-10-9-11-3-1-2-4-14(11)21/h1-8,15-16,21-22H,9-10,18H2,(H,19,23)/t15-,16+/m1/s1. The summed E-state index contributed by atoms with van der Waals surface area (Å²) in [5.41, 5.74) is 6.64. The van der Waals surface area contributed by atoms with Crippen LogP contribution < -0.4 is 11.1 Å². The molecule has 2 atom stereocenters. The highest BCUT2D eigenvalue weighted by atomic mass is 16.6. The molecule has 0 spiro atoms. The number of carbonyl (C=O) groups excluding carboxylic acids is 1. The highest BCUT2D eigenvalue weighted by molar-refractivity contribution is 5.82. The van der Waals surface area contributed by atoms with Gasteiger partial charge in [-0.2, -0.15) is 0 Å². The summed E-state index contributed by atoms with van der Waals surface area (Å²) in [5.74, 6) is -0.409. The smallest absolute Gasteiger partial charge is 0.269 e. The SMILES string of the molecule is N[C@@H](C(=O)NCCc1ccccc1O)[C@@H](O)c1ccc([N+](=O)[O-])cc1. The molecule has 8 heteroatoms. The highest BCUT2D eigenvalue weighted by Crippen LogP contribution is 2.20. The van der Waals surface area contributed by atoms with Crippen LogP contribution in [0.5, 0.6) is 5.75 Å². The lowest BCUT2D eigenvalue weighted by atomic mass is 10.0. The molecule has 0 fully saturated rings. The van der Waals surface area contributed by atoms with Crippen LogP contribution in [0.25, 0.3) is 0 Å². The first-order valence-electron chi connectivity index (χ1n) is 7.62. The zero-order chi connectivity index (χ0) is 18.4. The summed E-state index contributed by atoms with van der Waals surface area (Å²) in [6, 6.07) is 10.8. The van der Waals surface area contributed by atoms with Gasteiger partial charge in [-0.3, -0.25) is 14.9 Å². The van der Waals surface area contributed by atoms with Crippen molar-refractivity contribution in [2.75, 3.05) is 6.54 Å². The highest BCUT2D eigenvalue weighted by Gasteiger charge is 2.24. The molecule has 0 aliphatic rings. The molecule has 0 bridgehead atoms. The van der Waals surface area contributed by atoms with Gasteiger partial charge in [0.1, 0.15) is 17.9 Å². The van der Waals surface area contributed by atoms with E-state index < -0.39 is 23.0 Å². The van der Waals surface area contributed by atoms with Crippen molar-refractivity contribution in [3.8, 4) is 5.75 Å². The van der Waals surface area contributed by atoms with Crippen molar-refractivity contribution in [3.05, 3.63) is 69.8 Å². The third-order valence-corrected chi connectivity index (χ3v) is 3.77. The maximum Gasteiger partial charge on any atom is 0.269 e. The average Bonchev–Trinajstić information content (AvgIpc) is 2.62. The number of hydrogen-bond donors (Lipinski definition) is 4. The van der Waals surface area contributed by atoms with Gasteiger partial charge in [-0.25, -0.2) is 0 Å². The molecule has 5 N–H and O–H groups in total. The Hall–Kier alpha value is -2.97. The van der Waals surface area contributed by atoms with Crippen molar-refractivity contribution in [1.29, 1.82) is 0 Å². The summed E-state index contributed by atoms with van der Waals surface area (Å²) in [5, 5.41) is 33.0. The maximum atomic E-state index is 12.0.